The first-order valence-electron chi connectivity index (χ1n) is 8.49. The number of pyridine rings is 1. The van der Waals surface area contributed by atoms with Gasteiger partial charge in [-0.25, -0.2) is 4.98 Å². The molecule has 0 fully saturated rings. The van der Waals surface area contributed by atoms with Crippen molar-refractivity contribution in [2.75, 3.05) is 6.54 Å². The molecule has 1 N–H and O–H groups in total. The zero-order valence-corrected chi connectivity index (χ0v) is 14.2. The molecule has 0 aliphatic carbocycles. The van der Waals surface area contributed by atoms with E-state index in [1.807, 2.05) is 43.5 Å². The van der Waals surface area contributed by atoms with Crippen molar-refractivity contribution in [2.45, 2.75) is 26.4 Å². The van der Waals surface area contributed by atoms with E-state index in [1.54, 1.807) is 6.20 Å². The number of aryl methyl sites for hydroxylation is 1. The fraction of sp³-hybridized carbons (Fsp3) is 0.250. The van der Waals surface area contributed by atoms with Gasteiger partial charge >= 0.3 is 0 Å². The van der Waals surface area contributed by atoms with Crippen LogP contribution in [0.15, 0.2) is 53.6 Å². The standard InChI is InChI=1S/C20H20N4O/c1-14-4-6-16(7-5-14)19-22-18-13-24(10-8-17(18)20(25)23-19)12-15-3-2-9-21-11-15/h2-7,9,11H,8,10,12-13H2,1H3,(H,22,23,25). The number of hydrogen-bond donors (Lipinski definition) is 1. The van der Waals surface area contributed by atoms with Crippen LogP contribution in [0.5, 0.6) is 0 Å². The van der Waals surface area contributed by atoms with Crippen LogP contribution >= 0.6 is 0 Å². The van der Waals surface area contributed by atoms with Crippen molar-refractivity contribution in [1.82, 2.24) is 19.9 Å². The Hall–Kier alpha value is -2.79. The molecule has 126 valence electrons. The smallest absolute Gasteiger partial charge is 0.254 e. The molecule has 3 heterocycles. The van der Waals surface area contributed by atoms with Gasteiger partial charge in [0, 0.05) is 43.2 Å². The molecule has 1 aliphatic rings. The van der Waals surface area contributed by atoms with E-state index in [2.05, 4.69) is 20.9 Å². The minimum absolute atomic E-state index is 0.0124. The van der Waals surface area contributed by atoms with E-state index in [-0.39, 0.29) is 5.56 Å². The SMILES string of the molecule is Cc1ccc(-c2nc3c(c(=O)[nH]2)CCN(Cc2cccnc2)C3)cc1. The van der Waals surface area contributed by atoms with Crippen LogP contribution in [0, 0.1) is 6.92 Å². The highest BCUT2D eigenvalue weighted by molar-refractivity contribution is 5.55. The molecule has 0 unspecified atom stereocenters. The van der Waals surface area contributed by atoms with Crippen molar-refractivity contribution in [3.63, 3.8) is 0 Å². The molecule has 1 aliphatic heterocycles. The molecule has 4 rings (SSSR count). The summed E-state index contributed by atoms with van der Waals surface area (Å²) in [5.74, 6) is 0.645. The van der Waals surface area contributed by atoms with Crippen molar-refractivity contribution in [1.29, 1.82) is 0 Å². The molecular weight excluding hydrogens is 312 g/mol. The van der Waals surface area contributed by atoms with E-state index in [4.69, 9.17) is 4.98 Å². The number of aromatic amines is 1. The first-order valence-corrected chi connectivity index (χ1v) is 8.49. The number of nitrogens with one attached hydrogen (secondary N) is 1. The van der Waals surface area contributed by atoms with Crippen LogP contribution in [-0.4, -0.2) is 26.4 Å². The van der Waals surface area contributed by atoms with Gasteiger partial charge in [-0.05, 0) is 25.0 Å². The highest BCUT2D eigenvalue weighted by Gasteiger charge is 2.21. The lowest BCUT2D eigenvalue weighted by Crippen LogP contribution is -2.35. The van der Waals surface area contributed by atoms with E-state index in [0.29, 0.717) is 12.4 Å². The van der Waals surface area contributed by atoms with Crippen LogP contribution in [0.25, 0.3) is 11.4 Å². The molecule has 0 saturated heterocycles. The zero-order chi connectivity index (χ0) is 17.2. The van der Waals surface area contributed by atoms with Gasteiger partial charge in [0.05, 0.1) is 5.69 Å². The average molecular weight is 332 g/mol. The second-order valence-electron chi connectivity index (χ2n) is 6.53. The van der Waals surface area contributed by atoms with Crippen LogP contribution in [0.2, 0.25) is 0 Å². The van der Waals surface area contributed by atoms with Crippen LogP contribution < -0.4 is 5.56 Å². The van der Waals surface area contributed by atoms with Gasteiger partial charge < -0.3 is 4.98 Å². The Kier molecular flexibility index (Phi) is 4.15. The largest absolute Gasteiger partial charge is 0.306 e. The summed E-state index contributed by atoms with van der Waals surface area (Å²) in [7, 11) is 0. The summed E-state index contributed by atoms with van der Waals surface area (Å²) in [6, 6.07) is 12.1. The lowest BCUT2D eigenvalue weighted by atomic mass is 10.0. The molecule has 0 saturated carbocycles. The summed E-state index contributed by atoms with van der Waals surface area (Å²) in [4.78, 5) is 26.6. The van der Waals surface area contributed by atoms with E-state index >= 15 is 0 Å². The lowest BCUT2D eigenvalue weighted by molar-refractivity contribution is 0.240. The van der Waals surface area contributed by atoms with Gasteiger partial charge in [0.1, 0.15) is 5.82 Å². The van der Waals surface area contributed by atoms with E-state index < -0.39 is 0 Å². The Morgan fingerprint density at radius 2 is 2.04 bits per heavy atom. The molecule has 0 bridgehead atoms. The third-order valence-corrected chi connectivity index (χ3v) is 4.61. The Morgan fingerprint density at radius 3 is 2.80 bits per heavy atom. The second-order valence-corrected chi connectivity index (χ2v) is 6.53. The van der Waals surface area contributed by atoms with Gasteiger partial charge in [-0.15, -0.1) is 0 Å². The lowest BCUT2D eigenvalue weighted by Gasteiger charge is -2.27. The molecule has 0 radical (unpaired) electrons. The van der Waals surface area contributed by atoms with Crippen LogP contribution in [-0.2, 0) is 19.5 Å². The number of aromatic nitrogens is 3. The number of nitrogens with zero attached hydrogens (tertiary/aromatic N) is 3. The van der Waals surface area contributed by atoms with Gasteiger partial charge in [-0.2, -0.15) is 0 Å². The molecule has 0 spiro atoms. The normalized spacial score (nSPS) is 14.3. The maximum atomic E-state index is 12.5. The number of benzene rings is 1. The summed E-state index contributed by atoms with van der Waals surface area (Å²) in [5, 5.41) is 0. The molecule has 0 amide bonds. The Bertz CT molecular complexity index is 932. The molecule has 25 heavy (non-hydrogen) atoms. The minimum Gasteiger partial charge on any atom is -0.306 e. The van der Waals surface area contributed by atoms with Crippen molar-refractivity contribution >= 4 is 0 Å². The van der Waals surface area contributed by atoms with Gasteiger partial charge in [0.2, 0.25) is 0 Å². The zero-order valence-electron chi connectivity index (χ0n) is 14.2. The molecule has 0 atom stereocenters. The third-order valence-electron chi connectivity index (χ3n) is 4.61. The molecule has 3 aromatic rings. The predicted octanol–water partition coefficient (Wildman–Crippen LogP) is 2.70. The quantitative estimate of drug-likeness (QED) is 0.801. The Labute approximate surface area is 146 Å². The number of rotatable bonds is 3. The highest BCUT2D eigenvalue weighted by atomic mass is 16.1. The summed E-state index contributed by atoms with van der Waals surface area (Å²) >= 11 is 0. The van der Waals surface area contributed by atoms with Gasteiger partial charge in [0.15, 0.2) is 0 Å². The fourth-order valence-electron chi connectivity index (χ4n) is 3.23. The minimum atomic E-state index is -0.0124. The predicted molar refractivity (Wildman–Crippen MR) is 97.1 cm³/mol. The topological polar surface area (TPSA) is 61.9 Å². The first kappa shape index (κ1) is 15.7. The summed E-state index contributed by atoms with van der Waals surface area (Å²) < 4.78 is 0. The first-order chi connectivity index (χ1) is 12.2. The summed E-state index contributed by atoms with van der Waals surface area (Å²) in [6.07, 6.45) is 4.40. The van der Waals surface area contributed by atoms with Crippen LogP contribution in [0.4, 0.5) is 0 Å². The fourth-order valence-corrected chi connectivity index (χ4v) is 3.23. The highest BCUT2D eigenvalue weighted by Crippen LogP contribution is 2.20. The maximum absolute atomic E-state index is 12.5. The van der Waals surface area contributed by atoms with E-state index in [1.165, 1.54) is 11.1 Å². The maximum Gasteiger partial charge on any atom is 0.254 e. The van der Waals surface area contributed by atoms with Gasteiger partial charge in [-0.3, -0.25) is 14.7 Å². The van der Waals surface area contributed by atoms with Gasteiger partial charge in [-0.1, -0.05) is 35.9 Å². The molecule has 5 nitrogen and oxygen atoms in total. The molecular formula is C20H20N4O. The number of H-pyrrole nitrogens is 1. The monoisotopic (exact) mass is 332 g/mol. The Balaban J connectivity index is 1.62. The Morgan fingerprint density at radius 1 is 1.20 bits per heavy atom. The number of hydrogen-bond acceptors (Lipinski definition) is 4. The average Bonchev–Trinajstić information content (AvgIpc) is 2.63. The molecule has 1 aromatic carbocycles. The summed E-state index contributed by atoms with van der Waals surface area (Å²) in [5.41, 5.74) is 4.99. The van der Waals surface area contributed by atoms with Crippen molar-refractivity contribution in [3.05, 3.63) is 81.5 Å². The number of fused-ring (bicyclic) bond motifs is 1. The van der Waals surface area contributed by atoms with Crippen molar-refractivity contribution < 1.29 is 0 Å². The third kappa shape index (κ3) is 3.37. The van der Waals surface area contributed by atoms with Crippen LogP contribution in [0.1, 0.15) is 22.4 Å². The second kappa shape index (κ2) is 6.61. The van der Waals surface area contributed by atoms with Crippen molar-refractivity contribution in [2.24, 2.45) is 0 Å². The summed E-state index contributed by atoms with van der Waals surface area (Å²) in [6.45, 7) is 4.41. The van der Waals surface area contributed by atoms with E-state index in [9.17, 15) is 4.79 Å². The van der Waals surface area contributed by atoms with Gasteiger partial charge in [0.25, 0.3) is 5.56 Å². The molecule has 5 heteroatoms. The van der Waals surface area contributed by atoms with E-state index in [0.717, 1.165) is 36.3 Å². The van der Waals surface area contributed by atoms with Crippen LogP contribution in [0.3, 0.4) is 0 Å². The van der Waals surface area contributed by atoms with Crippen molar-refractivity contribution in [3.8, 4) is 11.4 Å². The molecule has 2 aromatic heterocycles.